The summed E-state index contributed by atoms with van der Waals surface area (Å²) in [6, 6.07) is 11.6. The Kier molecular flexibility index (Phi) is 6.04. The van der Waals surface area contributed by atoms with E-state index in [9.17, 15) is 30.2 Å². The molecule has 0 heterocycles. The highest BCUT2D eigenvalue weighted by Gasteiger charge is 2.23. The maximum Gasteiger partial charge on any atom is 0.320 e. The highest BCUT2D eigenvalue weighted by Crippen LogP contribution is 2.28. The molecule has 0 aromatic heterocycles. The van der Waals surface area contributed by atoms with Gasteiger partial charge in [-0.1, -0.05) is 30.3 Å². The van der Waals surface area contributed by atoms with Crippen molar-refractivity contribution in [1.29, 1.82) is 0 Å². The molecule has 25 heavy (non-hydrogen) atoms. The first kappa shape index (κ1) is 18.4. The molecule has 0 saturated heterocycles. The summed E-state index contributed by atoms with van der Waals surface area (Å²) >= 11 is 0. The molecular formula is C17H18N2O6. The van der Waals surface area contributed by atoms with Gasteiger partial charge in [-0.2, -0.15) is 0 Å². The Bertz CT molecular complexity index is 750. The van der Waals surface area contributed by atoms with Gasteiger partial charge < -0.3 is 15.3 Å². The summed E-state index contributed by atoms with van der Waals surface area (Å²) in [7, 11) is 0. The number of aryl methyl sites for hydroxylation is 1. The molecule has 0 fully saturated rings. The highest BCUT2D eigenvalue weighted by atomic mass is 16.6. The number of nitrogens with one attached hydrogen (secondary N) is 1. The van der Waals surface area contributed by atoms with Crippen LogP contribution in [0.4, 0.5) is 5.69 Å². The predicted molar refractivity (Wildman–Crippen MR) is 89.0 cm³/mol. The number of aliphatic carboxylic acids is 1. The van der Waals surface area contributed by atoms with Gasteiger partial charge in [-0.3, -0.25) is 20.2 Å². The summed E-state index contributed by atoms with van der Waals surface area (Å²) in [5, 5.41) is 42.3. The van der Waals surface area contributed by atoms with Crippen LogP contribution in [-0.2, 0) is 11.2 Å². The fourth-order valence-corrected chi connectivity index (χ4v) is 2.39. The molecule has 0 saturated carbocycles. The molecule has 0 amide bonds. The number of phenols is 1. The number of rotatable bonds is 8. The molecule has 0 spiro atoms. The molecular weight excluding hydrogens is 328 g/mol. The maximum absolute atomic E-state index is 11.4. The van der Waals surface area contributed by atoms with E-state index in [4.69, 9.17) is 0 Å². The fourth-order valence-electron chi connectivity index (χ4n) is 2.39. The first-order valence-corrected chi connectivity index (χ1v) is 7.56. The van der Waals surface area contributed by atoms with Crippen molar-refractivity contribution in [3.05, 3.63) is 69.8 Å². The minimum Gasteiger partial charge on any atom is -0.502 e. The number of hydrogen-bond acceptors (Lipinski definition) is 6. The molecule has 0 aliphatic rings. The van der Waals surface area contributed by atoms with Gasteiger partial charge in [0.2, 0.25) is 0 Å². The molecule has 1 unspecified atom stereocenters. The van der Waals surface area contributed by atoms with Crippen LogP contribution in [0.3, 0.4) is 0 Å². The Labute approximate surface area is 143 Å². The lowest BCUT2D eigenvalue weighted by molar-refractivity contribution is -0.385. The number of benzene rings is 2. The first-order valence-electron chi connectivity index (χ1n) is 7.56. The topological polar surface area (TPSA) is 133 Å². The summed E-state index contributed by atoms with van der Waals surface area (Å²) in [6.07, 6.45) is -0.637. The van der Waals surface area contributed by atoms with Crippen LogP contribution in [0, 0.1) is 10.1 Å². The number of nitro benzene ring substituents is 1. The van der Waals surface area contributed by atoms with E-state index in [0.717, 1.165) is 17.7 Å². The average molecular weight is 346 g/mol. The third kappa shape index (κ3) is 5.00. The number of nitrogens with zero attached hydrogens (tertiary/aromatic N) is 1. The summed E-state index contributed by atoms with van der Waals surface area (Å²) in [5.41, 5.74) is 0.613. The largest absolute Gasteiger partial charge is 0.502 e. The number of carbonyl (C=O) groups is 1. The van der Waals surface area contributed by atoms with Gasteiger partial charge in [0.15, 0.2) is 5.75 Å². The second-order valence-corrected chi connectivity index (χ2v) is 5.49. The molecule has 8 heteroatoms. The molecule has 2 aromatic carbocycles. The summed E-state index contributed by atoms with van der Waals surface area (Å²) in [4.78, 5) is 21.3. The van der Waals surface area contributed by atoms with Crippen LogP contribution in [0.15, 0.2) is 48.5 Å². The number of carboxylic acids is 1. The first-order chi connectivity index (χ1) is 11.9. The minimum atomic E-state index is -1.39. The standard InChI is InChI=1S/C17H18N2O6/c20-15-10-12(7-9-14(15)19(24)25)16(21)18-13(17(22)23)8-6-11-4-2-1-3-5-11/h1-5,7,9-10,13,16,18,20-21H,6,8H2,(H,22,23)/t13-,16?/m0/s1. The van der Waals surface area contributed by atoms with Gasteiger partial charge in [0.1, 0.15) is 12.3 Å². The van der Waals surface area contributed by atoms with Crippen LogP contribution in [0.2, 0.25) is 0 Å². The normalized spacial score (nSPS) is 13.2. The van der Waals surface area contributed by atoms with Gasteiger partial charge in [0, 0.05) is 6.07 Å². The molecule has 8 nitrogen and oxygen atoms in total. The van der Waals surface area contributed by atoms with Crippen molar-refractivity contribution >= 4 is 11.7 Å². The number of hydrogen-bond donors (Lipinski definition) is 4. The Hall–Kier alpha value is -2.97. The van der Waals surface area contributed by atoms with Crippen LogP contribution in [0.1, 0.15) is 23.8 Å². The molecule has 0 bridgehead atoms. The number of carboxylic acid groups (broad SMARTS) is 1. The molecule has 0 aliphatic heterocycles. The van der Waals surface area contributed by atoms with E-state index in [1.165, 1.54) is 6.07 Å². The predicted octanol–water partition coefficient (Wildman–Crippen LogP) is 1.97. The van der Waals surface area contributed by atoms with Crippen molar-refractivity contribution < 1.29 is 25.0 Å². The molecule has 2 rings (SSSR count). The summed E-state index contributed by atoms with van der Waals surface area (Å²) in [6.45, 7) is 0. The third-order valence-electron chi connectivity index (χ3n) is 3.73. The number of aliphatic hydroxyl groups excluding tert-OH is 1. The second kappa shape index (κ2) is 8.22. The van der Waals surface area contributed by atoms with Gasteiger partial charge in [0.25, 0.3) is 0 Å². The number of phenolic OH excluding ortho intramolecular Hbond substituents is 1. The van der Waals surface area contributed by atoms with E-state index in [1.54, 1.807) is 0 Å². The van der Waals surface area contributed by atoms with E-state index in [1.807, 2.05) is 30.3 Å². The van der Waals surface area contributed by atoms with Crippen molar-refractivity contribution in [1.82, 2.24) is 5.32 Å². The zero-order chi connectivity index (χ0) is 18.4. The lowest BCUT2D eigenvalue weighted by Crippen LogP contribution is -2.39. The highest BCUT2D eigenvalue weighted by molar-refractivity contribution is 5.73. The quantitative estimate of drug-likeness (QED) is 0.326. The molecule has 2 aromatic rings. The Balaban J connectivity index is 2.04. The minimum absolute atomic E-state index is 0.133. The lowest BCUT2D eigenvalue weighted by Gasteiger charge is -2.19. The smallest absolute Gasteiger partial charge is 0.320 e. The van der Waals surface area contributed by atoms with Crippen molar-refractivity contribution in [2.24, 2.45) is 0 Å². The monoisotopic (exact) mass is 346 g/mol. The fraction of sp³-hybridized carbons (Fsp3) is 0.235. The summed E-state index contributed by atoms with van der Waals surface area (Å²) in [5.74, 6) is -1.72. The van der Waals surface area contributed by atoms with Gasteiger partial charge in [-0.05, 0) is 36.1 Å². The maximum atomic E-state index is 11.4. The van der Waals surface area contributed by atoms with Gasteiger partial charge in [-0.25, -0.2) is 0 Å². The third-order valence-corrected chi connectivity index (χ3v) is 3.73. The average Bonchev–Trinajstić information content (AvgIpc) is 2.58. The zero-order valence-electron chi connectivity index (χ0n) is 13.2. The van der Waals surface area contributed by atoms with E-state index in [0.29, 0.717) is 6.42 Å². The van der Waals surface area contributed by atoms with Gasteiger partial charge in [0.05, 0.1) is 4.92 Å². The Morgan fingerprint density at radius 2 is 1.88 bits per heavy atom. The van der Waals surface area contributed by atoms with E-state index >= 15 is 0 Å². The van der Waals surface area contributed by atoms with Crippen molar-refractivity contribution in [2.45, 2.75) is 25.1 Å². The molecule has 0 radical (unpaired) electrons. The number of aromatic hydroxyl groups is 1. The zero-order valence-corrected chi connectivity index (χ0v) is 13.2. The van der Waals surface area contributed by atoms with Crippen molar-refractivity contribution in [3.63, 3.8) is 0 Å². The van der Waals surface area contributed by atoms with Crippen LogP contribution in [0.25, 0.3) is 0 Å². The van der Waals surface area contributed by atoms with Crippen LogP contribution >= 0.6 is 0 Å². The van der Waals surface area contributed by atoms with Crippen molar-refractivity contribution in [2.75, 3.05) is 0 Å². The SMILES string of the molecule is O=C(O)[C@H](CCc1ccccc1)NC(O)c1ccc([N+](=O)[O-])c(O)c1. The van der Waals surface area contributed by atoms with Crippen LogP contribution in [-0.4, -0.2) is 32.3 Å². The Morgan fingerprint density at radius 3 is 2.44 bits per heavy atom. The number of nitro groups is 1. The second-order valence-electron chi connectivity index (χ2n) is 5.49. The molecule has 132 valence electrons. The van der Waals surface area contributed by atoms with Crippen LogP contribution < -0.4 is 5.32 Å². The van der Waals surface area contributed by atoms with Gasteiger partial charge in [-0.15, -0.1) is 0 Å². The molecule has 2 atom stereocenters. The summed E-state index contributed by atoms with van der Waals surface area (Å²) < 4.78 is 0. The lowest BCUT2D eigenvalue weighted by atomic mass is 10.0. The van der Waals surface area contributed by atoms with E-state index < -0.39 is 34.6 Å². The van der Waals surface area contributed by atoms with E-state index in [2.05, 4.69) is 5.32 Å². The van der Waals surface area contributed by atoms with Crippen LogP contribution in [0.5, 0.6) is 5.75 Å². The Morgan fingerprint density at radius 1 is 1.20 bits per heavy atom. The number of aliphatic hydroxyl groups is 1. The van der Waals surface area contributed by atoms with Crippen molar-refractivity contribution in [3.8, 4) is 5.75 Å². The molecule has 4 N–H and O–H groups in total. The van der Waals surface area contributed by atoms with Gasteiger partial charge >= 0.3 is 11.7 Å². The molecule has 0 aliphatic carbocycles. The van der Waals surface area contributed by atoms with E-state index in [-0.39, 0.29) is 12.0 Å².